The van der Waals surface area contributed by atoms with E-state index in [9.17, 15) is 14.4 Å². The zero-order chi connectivity index (χ0) is 69.8. The Morgan fingerprint density at radius 1 is 0.323 bits per heavy atom. The smallest absolute Gasteiger partial charge is 0.309 e. The number of epoxide rings is 5. The summed E-state index contributed by atoms with van der Waals surface area (Å²) >= 11 is 0. The topological polar surface area (TPSA) is 178 Å². The molecule has 15 heteroatoms. The molecule has 0 aromatic rings. The zero-order valence-corrected chi connectivity index (χ0v) is 64.2. The van der Waals surface area contributed by atoms with Gasteiger partial charge in [0.15, 0.2) is 0 Å². The Morgan fingerprint density at radius 2 is 0.594 bits per heavy atom. The molecule has 11 unspecified atom stereocenters. The summed E-state index contributed by atoms with van der Waals surface area (Å²) in [6.07, 6.45) is 46.4. The average Bonchev–Trinajstić information content (AvgIpc) is 2.04. The highest BCUT2D eigenvalue weighted by Crippen LogP contribution is 2.31. The minimum atomic E-state index is -0.336. The quantitative estimate of drug-likeness (QED) is 0.0243. The van der Waals surface area contributed by atoms with Gasteiger partial charge in [0, 0.05) is 6.42 Å². The largest absolute Gasteiger partial charge is 0.465 e. The van der Waals surface area contributed by atoms with E-state index in [1.807, 2.05) is 0 Å². The number of esters is 3. The summed E-state index contributed by atoms with van der Waals surface area (Å²) in [5.74, 6) is 3.07. The van der Waals surface area contributed by atoms with Crippen LogP contribution in [0.3, 0.4) is 0 Å². The molecular formula is C81H152O15. The van der Waals surface area contributed by atoms with Crippen LogP contribution in [0.2, 0.25) is 0 Å². The molecule has 0 aliphatic carbocycles. The summed E-state index contributed by atoms with van der Waals surface area (Å²) in [5.41, 5.74) is -0.647. The normalized spacial score (nSPS) is 21.3. The monoisotopic (exact) mass is 1370 g/mol. The highest BCUT2D eigenvalue weighted by Gasteiger charge is 2.37. The van der Waals surface area contributed by atoms with Crippen molar-refractivity contribution in [3.05, 3.63) is 0 Å². The van der Waals surface area contributed by atoms with Gasteiger partial charge in [-0.25, -0.2) is 0 Å². The lowest BCUT2D eigenvalue weighted by atomic mass is 9.87. The Morgan fingerprint density at radius 3 is 0.917 bits per heavy atom. The summed E-state index contributed by atoms with van der Waals surface area (Å²) in [7, 11) is 0. The van der Waals surface area contributed by atoms with Gasteiger partial charge in [0.05, 0.1) is 109 Å². The molecule has 5 aliphatic rings. The molecule has 0 N–H and O–H groups in total. The lowest BCUT2D eigenvalue weighted by Gasteiger charge is -2.32. The van der Waals surface area contributed by atoms with Crippen LogP contribution in [0.15, 0.2) is 0 Å². The van der Waals surface area contributed by atoms with Crippen molar-refractivity contribution >= 4 is 17.9 Å². The van der Waals surface area contributed by atoms with Crippen molar-refractivity contribution in [3.8, 4) is 0 Å². The van der Waals surface area contributed by atoms with Crippen molar-refractivity contribution in [1.29, 1.82) is 0 Å². The van der Waals surface area contributed by atoms with Gasteiger partial charge in [-0.2, -0.15) is 0 Å². The van der Waals surface area contributed by atoms with E-state index in [0.717, 1.165) is 128 Å². The van der Waals surface area contributed by atoms with E-state index >= 15 is 0 Å². The van der Waals surface area contributed by atoms with Gasteiger partial charge in [0.25, 0.3) is 0 Å². The highest BCUT2D eigenvalue weighted by atomic mass is 16.6. The second-order valence-corrected chi connectivity index (χ2v) is 30.7. The Hall–Kier alpha value is -1.95. The van der Waals surface area contributed by atoms with E-state index < -0.39 is 0 Å². The van der Waals surface area contributed by atoms with Gasteiger partial charge in [0.2, 0.25) is 0 Å². The average molecular weight is 1370 g/mol. The first-order valence-corrected chi connectivity index (χ1v) is 40.5. The van der Waals surface area contributed by atoms with E-state index in [2.05, 4.69) is 76.2 Å². The van der Waals surface area contributed by atoms with Crippen LogP contribution in [0, 0.1) is 46.3 Å². The van der Waals surface area contributed by atoms with Crippen LogP contribution >= 0.6 is 0 Å². The predicted molar refractivity (Wildman–Crippen MR) is 389 cm³/mol. The molecule has 15 nitrogen and oxygen atoms in total. The third-order valence-electron chi connectivity index (χ3n) is 21.3. The molecule has 0 saturated carbocycles. The van der Waals surface area contributed by atoms with Gasteiger partial charge in [0.1, 0.15) is 50.3 Å². The van der Waals surface area contributed by atoms with Crippen molar-refractivity contribution in [2.45, 2.75) is 351 Å². The lowest BCUT2D eigenvalue weighted by Crippen LogP contribution is -2.39. The van der Waals surface area contributed by atoms with Crippen LogP contribution < -0.4 is 0 Å². The molecule has 0 amide bonds. The van der Waals surface area contributed by atoms with Crippen molar-refractivity contribution in [2.24, 2.45) is 46.3 Å². The molecule has 5 heterocycles. The number of unbranched alkanes of at least 4 members (excludes halogenated alkanes) is 18. The number of rotatable bonds is 66. The molecule has 11 atom stereocenters. The molecule has 0 bridgehead atoms. The third-order valence-corrected chi connectivity index (χ3v) is 21.3. The third kappa shape index (κ3) is 48.8. The van der Waals surface area contributed by atoms with Crippen LogP contribution in [0.25, 0.3) is 0 Å². The second kappa shape index (κ2) is 56.6. The Bertz CT molecular complexity index is 1800. The molecule has 0 spiro atoms. The van der Waals surface area contributed by atoms with E-state index in [0.29, 0.717) is 85.0 Å². The molecule has 0 radical (unpaired) electrons. The van der Waals surface area contributed by atoms with Crippen LogP contribution in [0.5, 0.6) is 0 Å². The fourth-order valence-corrected chi connectivity index (χ4v) is 12.0. The van der Waals surface area contributed by atoms with Gasteiger partial charge >= 0.3 is 17.9 Å². The molecular weight excluding hydrogens is 1210 g/mol. The molecule has 5 aliphatic heterocycles. The Labute approximate surface area is 589 Å². The maximum Gasteiger partial charge on any atom is 0.309 e. The summed E-state index contributed by atoms with van der Waals surface area (Å²) in [6.45, 7) is 34.2. The first-order chi connectivity index (χ1) is 46.6. The lowest BCUT2D eigenvalue weighted by molar-refractivity contribution is -0.157. The van der Waals surface area contributed by atoms with Crippen molar-refractivity contribution in [1.82, 2.24) is 0 Å². The van der Waals surface area contributed by atoms with Crippen LogP contribution in [-0.4, -0.2) is 154 Å². The molecule has 566 valence electrons. The van der Waals surface area contributed by atoms with E-state index in [4.69, 9.17) is 56.8 Å². The van der Waals surface area contributed by atoms with Gasteiger partial charge in [-0.15, -0.1) is 0 Å². The molecule has 5 saturated heterocycles. The minimum absolute atomic E-state index is 0.00576. The Balaban J connectivity index is 0.000000384. The SMILES string of the molecule is CCC(C)CCCCCC(CCCC(C)CC)C(=O)OCC(CC)(COCC1CO1)COCC1CO1.CCC(C)CCCCCC(CCCC(C)CC)C(=O)OCC1CO1.CCCCCCCCCCCCCCCCCC(=O)OCC(CC)(COCC1CO1)COCC1CO1. The van der Waals surface area contributed by atoms with E-state index in [1.54, 1.807) is 0 Å². The van der Waals surface area contributed by atoms with Crippen molar-refractivity contribution in [2.75, 3.05) is 106 Å². The summed E-state index contributed by atoms with van der Waals surface area (Å²) in [5, 5.41) is 0. The number of ether oxygens (including phenoxy) is 12. The predicted octanol–water partition coefficient (Wildman–Crippen LogP) is 19.4. The maximum atomic E-state index is 13.3. The van der Waals surface area contributed by atoms with E-state index in [1.165, 1.54) is 161 Å². The number of hydrogen-bond acceptors (Lipinski definition) is 15. The Kier molecular flexibility index (Phi) is 52.0. The van der Waals surface area contributed by atoms with E-state index in [-0.39, 0.29) is 71.1 Å². The number of hydrogen-bond donors (Lipinski definition) is 0. The summed E-state index contributed by atoms with van der Waals surface area (Å²) in [6, 6.07) is 0. The van der Waals surface area contributed by atoms with Gasteiger partial charge < -0.3 is 56.8 Å². The summed E-state index contributed by atoms with van der Waals surface area (Å²) < 4.78 is 67.1. The highest BCUT2D eigenvalue weighted by molar-refractivity contribution is 5.73. The molecule has 5 rings (SSSR count). The maximum absolute atomic E-state index is 13.3. The van der Waals surface area contributed by atoms with Gasteiger partial charge in [-0.05, 0) is 68.6 Å². The zero-order valence-electron chi connectivity index (χ0n) is 64.2. The van der Waals surface area contributed by atoms with Gasteiger partial charge in [-0.3, -0.25) is 14.4 Å². The standard InChI is InChI=1S/2C30H56O6.C21H40O3/c1-6-24(4)13-10-9-11-15-26(16-12-14-25(5)7-2)29(31)36-23-30(8-3,21-32-17-27-19-34-27)22-33-18-28-20-35-28;1-3-5-6-7-8-9-10-11-12-13-14-15-16-17-18-19-29(31)36-26-30(4-2,24-32-20-27-22-34-27)25-33-21-28-23-35-28;1-5-17(3)11-8-7-9-13-19(14-10-12-18(4)6-2)21(22)24-16-20-15-23-20/h24-28H,6-23H2,1-5H3;27-28H,3-26H2,1-2H3;17-20H,5-16H2,1-4H3. The minimum Gasteiger partial charge on any atom is -0.465 e. The first kappa shape index (κ1) is 88.3. The molecule has 5 fully saturated rings. The fourth-order valence-electron chi connectivity index (χ4n) is 12.0. The number of carbonyl (C=O) groups is 3. The van der Waals surface area contributed by atoms with Gasteiger partial charge in [-0.1, -0.05) is 269 Å². The van der Waals surface area contributed by atoms with Crippen LogP contribution in [0.1, 0.15) is 320 Å². The second-order valence-electron chi connectivity index (χ2n) is 30.7. The van der Waals surface area contributed by atoms with Crippen molar-refractivity contribution < 1.29 is 71.2 Å². The van der Waals surface area contributed by atoms with Crippen molar-refractivity contribution in [3.63, 3.8) is 0 Å². The molecule has 0 aromatic heterocycles. The van der Waals surface area contributed by atoms with Crippen LogP contribution in [-0.2, 0) is 71.2 Å². The fraction of sp³-hybridized carbons (Fsp3) is 0.963. The number of carbonyl (C=O) groups excluding carboxylic acids is 3. The first-order valence-electron chi connectivity index (χ1n) is 40.5. The van der Waals surface area contributed by atoms with Crippen LogP contribution in [0.4, 0.5) is 0 Å². The molecule has 0 aromatic carbocycles. The molecule has 96 heavy (non-hydrogen) atoms. The summed E-state index contributed by atoms with van der Waals surface area (Å²) in [4.78, 5) is 38.1.